The minimum absolute atomic E-state index is 0.0425. The lowest BCUT2D eigenvalue weighted by Crippen LogP contribution is -2.26. The zero-order chi connectivity index (χ0) is 21.4. The Morgan fingerprint density at radius 2 is 1.67 bits per heavy atom. The van der Waals surface area contributed by atoms with Crippen molar-refractivity contribution in [3.63, 3.8) is 0 Å². The summed E-state index contributed by atoms with van der Waals surface area (Å²) >= 11 is 0. The molecule has 30 heavy (non-hydrogen) atoms. The molecule has 1 amide bonds. The fraction of sp³-hybridized carbons (Fsp3) is 0.130. The average molecular weight is 420 g/mol. The lowest BCUT2D eigenvalue weighted by Gasteiger charge is -2.09. The van der Waals surface area contributed by atoms with Gasteiger partial charge in [0.1, 0.15) is 11.5 Å². The van der Waals surface area contributed by atoms with Gasteiger partial charge in [-0.15, -0.1) is 0 Å². The Kier molecular flexibility index (Phi) is 6.83. The third-order valence-electron chi connectivity index (χ3n) is 4.29. The van der Waals surface area contributed by atoms with Gasteiger partial charge in [-0.3, -0.25) is 4.79 Å². The number of nitrogens with one attached hydrogen (secondary N) is 1. The van der Waals surface area contributed by atoms with Crippen LogP contribution in [0.4, 0.5) is 0 Å². The van der Waals surface area contributed by atoms with E-state index in [0.717, 1.165) is 0 Å². The second-order valence-corrected chi connectivity index (χ2v) is 8.62. The molecule has 0 heterocycles. The number of rotatable bonds is 8. The first-order valence-electron chi connectivity index (χ1n) is 9.32. The molecule has 0 bridgehead atoms. The van der Waals surface area contributed by atoms with Gasteiger partial charge >= 0.3 is 0 Å². The number of carbonyl (C=O) groups excluding carboxylic acids is 1. The predicted octanol–water partition coefficient (Wildman–Crippen LogP) is 3.94. The van der Waals surface area contributed by atoms with Crippen molar-refractivity contribution in [1.82, 2.24) is 5.32 Å². The van der Waals surface area contributed by atoms with Crippen molar-refractivity contribution >= 4 is 15.7 Å². The van der Waals surface area contributed by atoms with Crippen LogP contribution in [0.2, 0.25) is 0 Å². The lowest BCUT2D eigenvalue weighted by molar-refractivity contribution is 0.0953. The van der Waals surface area contributed by atoms with Crippen molar-refractivity contribution in [3.8, 4) is 17.6 Å². The molecule has 0 aromatic heterocycles. The Bertz CT molecular complexity index is 1150. The van der Waals surface area contributed by atoms with E-state index in [1.54, 1.807) is 78.9 Å². The van der Waals surface area contributed by atoms with Gasteiger partial charge in [-0.25, -0.2) is 8.42 Å². The van der Waals surface area contributed by atoms with Gasteiger partial charge in [0.05, 0.1) is 22.3 Å². The molecule has 3 aromatic rings. The van der Waals surface area contributed by atoms with Gasteiger partial charge in [0.25, 0.3) is 5.91 Å². The van der Waals surface area contributed by atoms with E-state index in [9.17, 15) is 13.2 Å². The molecule has 152 valence electrons. The highest BCUT2D eigenvalue weighted by atomic mass is 32.2. The fourth-order valence-corrected chi connectivity index (χ4v) is 4.08. The van der Waals surface area contributed by atoms with Crippen molar-refractivity contribution < 1.29 is 17.9 Å². The monoisotopic (exact) mass is 420 g/mol. The molecule has 3 rings (SSSR count). The van der Waals surface area contributed by atoms with Crippen LogP contribution in [0.15, 0.2) is 83.8 Å². The molecule has 0 saturated heterocycles. The third-order valence-corrected chi connectivity index (χ3v) is 6.11. The van der Waals surface area contributed by atoms with Crippen LogP contribution in [0.5, 0.6) is 11.5 Å². The van der Waals surface area contributed by atoms with E-state index in [1.165, 1.54) is 0 Å². The van der Waals surface area contributed by atoms with E-state index < -0.39 is 9.84 Å². The molecule has 0 unspecified atom stereocenters. The molecule has 0 spiro atoms. The Morgan fingerprint density at radius 1 is 0.933 bits per heavy atom. The normalized spacial score (nSPS) is 10.8. The largest absolute Gasteiger partial charge is 0.457 e. The molecule has 0 aliphatic heterocycles. The number of sulfone groups is 1. The summed E-state index contributed by atoms with van der Waals surface area (Å²) in [6.45, 7) is 0.242. The standard InChI is InChI=1S/C23H20N2O4S/c24-17-18-10-12-20(13-11-18)29-21-7-4-6-19(16-21)23(26)25-14-5-15-30(27,28)22-8-2-1-3-9-22/h1-4,6-13,16H,5,14-15H2,(H,25,26). The Morgan fingerprint density at radius 3 is 2.37 bits per heavy atom. The molecule has 6 nitrogen and oxygen atoms in total. The maximum atomic E-state index is 12.4. The molecule has 0 aliphatic carbocycles. The highest BCUT2D eigenvalue weighted by molar-refractivity contribution is 7.91. The molecule has 0 radical (unpaired) electrons. The van der Waals surface area contributed by atoms with Gasteiger partial charge in [-0.05, 0) is 61.0 Å². The Hall–Kier alpha value is -3.63. The molecule has 7 heteroatoms. The number of ether oxygens (including phenoxy) is 1. The van der Waals surface area contributed by atoms with Gasteiger partial charge in [0.15, 0.2) is 9.84 Å². The van der Waals surface area contributed by atoms with Crippen LogP contribution >= 0.6 is 0 Å². The topological polar surface area (TPSA) is 96.3 Å². The zero-order valence-corrected chi connectivity index (χ0v) is 16.9. The SMILES string of the molecule is N#Cc1ccc(Oc2cccc(C(=O)NCCCS(=O)(=O)c3ccccc3)c2)cc1. The van der Waals surface area contributed by atoms with Crippen LogP contribution in [0.3, 0.4) is 0 Å². The summed E-state index contributed by atoms with van der Waals surface area (Å²) in [5, 5.41) is 11.6. The number of benzene rings is 3. The Balaban J connectivity index is 1.53. The molecule has 0 aliphatic rings. The van der Waals surface area contributed by atoms with Gasteiger partial charge < -0.3 is 10.1 Å². The second-order valence-electron chi connectivity index (χ2n) is 6.51. The van der Waals surface area contributed by atoms with E-state index in [2.05, 4.69) is 5.32 Å². The molecule has 3 aromatic carbocycles. The van der Waals surface area contributed by atoms with Crippen LogP contribution in [0.1, 0.15) is 22.3 Å². The van der Waals surface area contributed by atoms with Crippen molar-refractivity contribution in [2.75, 3.05) is 12.3 Å². The third kappa shape index (κ3) is 5.69. The average Bonchev–Trinajstić information content (AvgIpc) is 2.78. The van der Waals surface area contributed by atoms with Gasteiger partial charge in [0.2, 0.25) is 0 Å². The van der Waals surface area contributed by atoms with Crippen LogP contribution in [-0.2, 0) is 9.84 Å². The van der Waals surface area contributed by atoms with Crippen LogP contribution in [0, 0.1) is 11.3 Å². The summed E-state index contributed by atoms with van der Waals surface area (Å²) in [4.78, 5) is 12.7. The smallest absolute Gasteiger partial charge is 0.251 e. The first-order valence-corrected chi connectivity index (χ1v) is 11.0. The molecular formula is C23H20N2O4S. The summed E-state index contributed by atoms with van der Waals surface area (Å²) in [6, 6.07) is 23.6. The quantitative estimate of drug-likeness (QED) is 0.557. The maximum absolute atomic E-state index is 12.4. The molecule has 0 atom stereocenters. The number of amides is 1. The van der Waals surface area contributed by atoms with Gasteiger partial charge in [-0.2, -0.15) is 5.26 Å². The molecule has 0 saturated carbocycles. The number of nitriles is 1. The second kappa shape index (κ2) is 9.72. The molecule has 1 N–H and O–H groups in total. The predicted molar refractivity (Wildman–Crippen MR) is 113 cm³/mol. The van der Waals surface area contributed by atoms with E-state index in [1.807, 2.05) is 6.07 Å². The summed E-state index contributed by atoms with van der Waals surface area (Å²) < 4.78 is 30.2. The van der Waals surface area contributed by atoms with Gasteiger partial charge in [-0.1, -0.05) is 24.3 Å². The first kappa shape index (κ1) is 21.1. The maximum Gasteiger partial charge on any atom is 0.251 e. The van der Waals surface area contributed by atoms with E-state index >= 15 is 0 Å². The van der Waals surface area contributed by atoms with Crippen molar-refractivity contribution in [2.24, 2.45) is 0 Å². The number of carbonyl (C=O) groups is 1. The van der Waals surface area contributed by atoms with Crippen molar-refractivity contribution in [2.45, 2.75) is 11.3 Å². The van der Waals surface area contributed by atoms with Gasteiger partial charge in [0, 0.05) is 12.1 Å². The summed E-state index contributed by atoms with van der Waals surface area (Å²) in [5.74, 6) is 0.688. The number of hydrogen-bond donors (Lipinski definition) is 1. The van der Waals surface area contributed by atoms with Crippen LogP contribution in [0.25, 0.3) is 0 Å². The summed E-state index contributed by atoms with van der Waals surface area (Å²) in [7, 11) is -3.36. The number of nitrogens with zero attached hydrogens (tertiary/aromatic N) is 1. The highest BCUT2D eigenvalue weighted by Gasteiger charge is 2.14. The minimum atomic E-state index is -3.36. The minimum Gasteiger partial charge on any atom is -0.457 e. The fourth-order valence-electron chi connectivity index (χ4n) is 2.75. The summed E-state index contributed by atoms with van der Waals surface area (Å²) in [6.07, 6.45) is 0.310. The van der Waals surface area contributed by atoms with E-state index in [4.69, 9.17) is 10.00 Å². The number of hydrogen-bond acceptors (Lipinski definition) is 5. The van der Waals surface area contributed by atoms with Crippen molar-refractivity contribution in [1.29, 1.82) is 5.26 Å². The lowest BCUT2D eigenvalue weighted by atomic mass is 10.2. The first-order chi connectivity index (χ1) is 14.5. The molecule has 0 fully saturated rings. The van der Waals surface area contributed by atoms with Crippen LogP contribution < -0.4 is 10.1 Å². The summed E-state index contributed by atoms with van der Waals surface area (Å²) in [5.41, 5.74) is 0.941. The molecular weight excluding hydrogens is 400 g/mol. The zero-order valence-electron chi connectivity index (χ0n) is 16.1. The van der Waals surface area contributed by atoms with Crippen molar-refractivity contribution in [3.05, 3.63) is 90.0 Å². The highest BCUT2D eigenvalue weighted by Crippen LogP contribution is 2.22. The van der Waals surface area contributed by atoms with E-state index in [0.29, 0.717) is 29.0 Å². The Labute approximate surface area is 175 Å². The van der Waals surface area contributed by atoms with E-state index in [-0.39, 0.29) is 23.1 Å². The van der Waals surface area contributed by atoms with Crippen LogP contribution in [-0.4, -0.2) is 26.6 Å².